The molecule has 0 aliphatic carbocycles. The third-order valence-electron chi connectivity index (χ3n) is 4.30. The molecule has 25 heavy (non-hydrogen) atoms. The molecule has 0 fully saturated rings. The average molecular weight is 350 g/mol. The van der Waals surface area contributed by atoms with Gasteiger partial charge in [0, 0.05) is 30.1 Å². The van der Waals surface area contributed by atoms with E-state index in [-0.39, 0.29) is 19.0 Å². The number of likely N-dealkylation sites (N-methyl/N-ethyl adjacent to an activating group) is 1. The summed E-state index contributed by atoms with van der Waals surface area (Å²) in [6.45, 7) is 3.72. The number of alkyl halides is 3. The highest BCUT2D eigenvalue weighted by Gasteiger charge is 2.33. The smallest absolute Gasteiger partial charge is 0.358 e. The van der Waals surface area contributed by atoms with Crippen LogP contribution in [0.3, 0.4) is 0 Å². The van der Waals surface area contributed by atoms with Crippen LogP contribution in [0.5, 0.6) is 0 Å². The van der Waals surface area contributed by atoms with E-state index >= 15 is 0 Å². The molecule has 3 rings (SSSR count). The summed E-state index contributed by atoms with van der Waals surface area (Å²) in [4.78, 5) is 15.7. The van der Waals surface area contributed by atoms with Crippen molar-refractivity contribution in [2.24, 2.45) is 4.99 Å². The number of fused-ring (bicyclic) bond motifs is 1. The lowest BCUT2D eigenvalue weighted by molar-refractivity contribution is -0.137. The van der Waals surface area contributed by atoms with Crippen molar-refractivity contribution >= 4 is 12.1 Å². The van der Waals surface area contributed by atoms with E-state index < -0.39 is 11.7 Å². The Balaban J connectivity index is 2.18. The van der Waals surface area contributed by atoms with Crippen molar-refractivity contribution in [1.82, 2.24) is 15.1 Å². The maximum Gasteiger partial charge on any atom is 0.416 e. The Hall–Kier alpha value is -2.64. The van der Waals surface area contributed by atoms with Crippen LogP contribution in [-0.4, -0.2) is 28.9 Å². The first kappa shape index (κ1) is 17.2. The molecule has 0 saturated carbocycles. The van der Waals surface area contributed by atoms with E-state index in [2.05, 4.69) is 15.4 Å². The first-order valence-corrected chi connectivity index (χ1v) is 7.71. The first-order valence-electron chi connectivity index (χ1n) is 7.71. The lowest BCUT2D eigenvalue weighted by atomic mass is 9.93. The summed E-state index contributed by atoms with van der Waals surface area (Å²) >= 11 is 0. The molecule has 0 radical (unpaired) electrons. The lowest BCUT2D eigenvalue weighted by Gasteiger charge is -2.14. The van der Waals surface area contributed by atoms with Crippen LogP contribution in [0.1, 0.15) is 28.1 Å². The third-order valence-corrected chi connectivity index (χ3v) is 4.30. The Kier molecular flexibility index (Phi) is 4.14. The number of benzene rings is 1. The van der Waals surface area contributed by atoms with Crippen LogP contribution in [0.25, 0.3) is 11.1 Å². The van der Waals surface area contributed by atoms with Crippen molar-refractivity contribution in [3.05, 3.63) is 40.2 Å². The minimum atomic E-state index is -4.44. The van der Waals surface area contributed by atoms with Gasteiger partial charge in [-0.15, -0.1) is 0 Å². The van der Waals surface area contributed by atoms with Gasteiger partial charge in [0.25, 0.3) is 0 Å². The molecule has 2 heterocycles. The fourth-order valence-electron chi connectivity index (χ4n) is 3.06. The van der Waals surface area contributed by atoms with Gasteiger partial charge < -0.3 is 5.32 Å². The van der Waals surface area contributed by atoms with Gasteiger partial charge in [-0.05, 0) is 37.1 Å². The topological polar surface area (TPSA) is 59.3 Å². The van der Waals surface area contributed by atoms with E-state index in [1.165, 1.54) is 11.7 Å². The fourth-order valence-corrected chi connectivity index (χ4v) is 3.06. The van der Waals surface area contributed by atoms with Crippen molar-refractivity contribution in [3.8, 4) is 11.1 Å². The molecule has 5 nitrogen and oxygen atoms in total. The number of hydrogen-bond donors (Lipinski definition) is 1. The van der Waals surface area contributed by atoms with Crippen LogP contribution in [0.2, 0.25) is 0 Å². The Morgan fingerprint density at radius 1 is 1.32 bits per heavy atom. The van der Waals surface area contributed by atoms with Crippen LogP contribution < -0.4 is 5.32 Å². The second kappa shape index (κ2) is 6.02. The predicted molar refractivity (Wildman–Crippen MR) is 87.5 cm³/mol. The molecule has 0 atom stereocenters. The third kappa shape index (κ3) is 3.04. The van der Waals surface area contributed by atoms with Crippen molar-refractivity contribution in [1.29, 1.82) is 0 Å². The van der Waals surface area contributed by atoms with Gasteiger partial charge in [-0.2, -0.15) is 18.3 Å². The van der Waals surface area contributed by atoms with E-state index in [1.807, 2.05) is 0 Å². The van der Waals surface area contributed by atoms with E-state index in [1.54, 1.807) is 20.1 Å². The number of carbonyl (C=O) groups excluding carboxylic acids is 1. The molecule has 2 aromatic rings. The van der Waals surface area contributed by atoms with Gasteiger partial charge in [-0.3, -0.25) is 14.5 Å². The SMILES string of the molecule is CNC(=O)Cn1nc(C)c(-c2cc(C(F)(F)F)cc3c2C=NC3)c1C. The van der Waals surface area contributed by atoms with Gasteiger partial charge in [0.05, 0.1) is 17.8 Å². The van der Waals surface area contributed by atoms with Gasteiger partial charge in [0.2, 0.25) is 5.91 Å². The zero-order chi connectivity index (χ0) is 18.4. The van der Waals surface area contributed by atoms with Gasteiger partial charge in [-0.25, -0.2) is 0 Å². The van der Waals surface area contributed by atoms with Crippen molar-refractivity contribution < 1.29 is 18.0 Å². The summed E-state index contributed by atoms with van der Waals surface area (Å²) in [6, 6.07) is 2.28. The fraction of sp³-hybridized carbons (Fsp3) is 0.353. The number of hydrogen-bond acceptors (Lipinski definition) is 3. The van der Waals surface area contributed by atoms with Gasteiger partial charge in [-0.1, -0.05) is 0 Å². The molecule has 0 unspecified atom stereocenters. The molecule has 0 spiro atoms. The molecular weight excluding hydrogens is 333 g/mol. The van der Waals surface area contributed by atoms with Gasteiger partial charge in [0.15, 0.2) is 0 Å². The standard InChI is InChI=1S/C17H17F3N4O/c1-9-16(10(2)24(23-9)8-15(25)21-3)13-5-12(17(18,19)20)4-11-6-22-7-14(11)13/h4-5,7H,6,8H2,1-3H3,(H,21,25). The van der Waals surface area contributed by atoms with Gasteiger partial charge >= 0.3 is 6.18 Å². The second-order valence-electron chi connectivity index (χ2n) is 5.94. The minimum Gasteiger partial charge on any atom is -0.358 e. The zero-order valence-electron chi connectivity index (χ0n) is 14.0. The quantitative estimate of drug-likeness (QED) is 0.925. The molecule has 132 valence electrons. The molecule has 1 aliphatic heterocycles. The summed E-state index contributed by atoms with van der Waals surface area (Å²) in [5, 5.41) is 6.83. The second-order valence-corrected chi connectivity index (χ2v) is 5.94. The molecule has 1 aliphatic rings. The van der Waals surface area contributed by atoms with Crippen molar-refractivity contribution in [2.75, 3.05) is 7.05 Å². The van der Waals surface area contributed by atoms with Crippen LogP contribution in [-0.2, 0) is 24.1 Å². The lowest BCUT2D eigenvalue weighted by Crippen LogP contribution is -2.24. The average Bonchev–Trinajstić information content (AvgIpc) is 3.11. The zero-order valence-corrected chi connectivity index (χ0v) is 14.0. The Morgan fingerprint density at radius 2 is 2.04 bits per heavy atom. The van der Waals surface area contributed by atoms with E-state index in [0.29, 0.717) is 33.6 Å². The highest BCUT2D eigenvalue weighted by molar-refractivity contribution is 5.95. The van der Waals surface area contributed by atoms with Crippen molar-refractivity contribution in [3.63, 3.8) is 0 Å². The van der Waals surface area contributed by atoms with E-state index in [4.69, 9.17) is 0 Å². The highest BCUT2D eigenvalue weighted by atomic mass is 19.4. The van der Waals surface area contributed by atoms with Crippen LogP contribution >= 0.6 is 0 Å². The van der Waals surface area contributed by atoms with Crippen molar-refractivity contribution in [2.45, 2.75) is 33.1 Å². The summed E-state index contributed by atoms with van der Waals surface area (Å²) in [6.07, 6.45) is -2.84. The number of nitrogens with zero attached hydrogens (tertiary/aromatic N) is 3. The first-order chi connectivity index (χ1) is 11.7. The predicted octanol–water partition coefficient (Wildman–Crippen LogP) is 2.86. The summed E-state index contributed by atoms with van der Waals surface area (Å²) in [7, 11) is 1.52. The number of aromatic nitrogens is 2. The Labute approximate surface area is 142 Å². The molecule has 1 amide bonds. The molecule has 1 N–H and O–H groups in total. The molecular formula is C17H17F3N4O. The Morgan fingerprint density at radius 3 is 2.68 bits per heavy atom. The molecule has 0 bridgehead atoms. The monoisotopic (exact) mass is 350 g/mol. The summed E-state index contributed by atoms with van der Waals surface area (Å²) in [5.41, 5.74) is 2.79. The maximum absolute atomic E-state index is 13.3. The number of nitrogens with one attached hydrogen (secondary N) is 1. The number of aryl methyl sites for hydroxylation is 1. The summed E-state index contributed by atoms with van der Waals surface area (Å²) in [5.74, 6) is -0.229. The van der Waals surface area contributed by atoms with E-state index in [0.717, 1.165) is 12.1 Å². The highest BCUT2D eigenvalue weighted by Crippen LogP contribution is 2.39. The molecule has 1 aromatic carbocycles. The molecule has 1 aromatic heterocycles. The number of carbonyl (C=O) groups is 1. The van der Waals surface area contributed by atoms with Gasteiger partial charge in [0.1, 0.15) is 6.54 Å². The Bertz CT molecular complexity index is 881. The number of amides is 1. The van der Waals surface area contributed by atoms with Crippen LogP contribution in [0, 0.1) is 13.8 Å². The minimum absolute atomic E-state index is 0.0123. The maximum atomic E-state index is 13.3. The number of halogens is 3. The van der Waals surface area contributed by atoms with Crippen LogP contribution in [0.15, 0.2) is 17.1 Å². The van der Waals surface area contributed by atoms with E-state index in [9.17, 15) is 18.0 Å². The molecule has 8 heteroatoms. The van der Waals surface area contributed by atoms with Crippen LogP contribution in [0.4, 0.5) is 13.2 Å². The molecule has 0 saturated heterocycles. The number of aliphatic imine (C=N–C) groups is 1. The largest absolute Gasteiger partial charge is 0.416 e. The summed E-state index contributed by atoms with van der Waals surface area (Å²) < 4.78 is 41.3. The number of rotatable bonds is 3. The normalized spacial score (nSPS) is 13.2.